The van der Waals surface area contributed by atoms with Crippen molar-refractivity contribution < 1.29 is 40.5 Å². The maximum atomic E-state index is 9.99. The van der Waals surface area contributed by atoms with Gasteiger partial charge in [0.2, 0.25) is 0 Å². The third-order valence-electron chi connectivity index (χ3n) is 1.59. The first kappa shape index (κ1) is 13.4. The molecule has 0 aliphatic rings. The Balaban J connectivity index is 4.53. The molecule has 0 spiro atoms. The van der Waals surface area contributed by atoms with Gasteiger partial charge in [-0.1, -0.05) is 0 Å². The Kier molecular flexibility index (Phi) is 4.55. The van der Waals surface area contributed by atoms with Crippen molar-refractivity contribution in [2.45, 2.75) is 30.4 Å². The Morgan fingerprint density at radius 2 is 1.36 bits per heavy atom. The molecule has 0 aromatic heterocycles. The Bertz CT molecular complexity index is 190. The Labute approximate surface area is 78.3 Å². The summed E-state index contributed by atoms with van der Waals surface area (Å²) in [5.41, 5.74) is 0. The van der Waals surface area contributed by atoms with Gasteiger partial charge in [0.15, 0.2) is 12.6 Å². The zero-order valence-corrected chi connectivity index (χ0v) is 6.93. The van der Waals surface area contributed by atoms with Crippen molar-refractivity contribution in [3.63, 3.8) is 0 Å². The minimum atomic E-state index is -3.27. The summed E-state index contributed by atoms with van der Waals surface area (Å²) >= 11 is 0. The molecule has 0 saturated carbocycles. The van der Waals surface area contributed by atoms with Crippen molar-refractivity contribution in [3.8, 4) is 0 Å². The number of aliphatic hydroxyl groups is 7. The number of aldehydes is 1. The van der Waals surface area contributed by atoms with E-state index in [0.29, 0.717) is 0 Å². The van der Waals surface area contributed by atoms with Gasteiger partial charge in [0.25, 0.3) is 5.79 Å². The molecule has 8 nitrogen and oxygen atoms in total. The molecule has 3 atom stereocenters. The van der Waals surface area contributed by atoms with Gasteiger partial charge in [-0.05, 0) is 0 Å². The fourth-order valence-electron chi connectivity index (χ4n) is 0.684. The van der Waals surface area contributed by atoms with Gasteiger partial charge in [0.05, 0.1) is 0 Å². The lowest BCUT2D eigenvalue weighted by Crippen LogP contribution is -2.56. The van der Waals surface area contributed by atoms with Crippen LogP contribution >= 0.6 is 0 Å². The minimum Gasteiger partial charge on any atom is -0.387 e. The largest absolute Gasteiger partial charge is 0.387 e. The van der Waals surface area contributed by atoms with E-state index in [1.165, 1.54) is 0 Å². The molecule has 0 rings (SSSR count). The summed E-state index contributed by atoms with van der Waals surface area (Å²) in [5, 5.41) is 60.7. The van der Waals surface area contributed by atoms with E-state index in [0.717, 1.165) is 0 Å². The van der Waals surface area contributed by atoms with E-state index in [2.05, 4.69) is 0 Å². The van der Waals surface area contributed by atoms with Crippen LogP contribution in [-0.2, 0) is 4.79 Å². The van der Waals surface area contributed by atoms with Crippen molar-refractivity contribution in [2.24, 2.45) is 0 Å². The number of hydrogen-bond donors (Lipinski definition) is 7. The maximum absolute atomic E-state index is 9.99. The monoisotopic (exact) mass is 212 g/mol. The van der Waals surface area contributed by atoms with E-state index in [1.807, 2.05) is 0 Å². The molecule has 8 heteroatoms. The molecule has 0 bridgehead atoms. The number of carbonyl (C=O) groups is 1. The molecule has 14 heavy (non-hydrogen) atoms. The van der Waals surface area contributed by atoms with Gasteiger partial charge in [-0.3, -0.25) is 4.79 Å². The van der Waals surface area contributed by atoms with E-state index >= 15 is 0 Å². The van der Waals surface area contributed by atoms with E-state index < -0.39 is 36.7 Å². The number of carbonyl (C=O) groups excluding carboxylic acids is 1. The first-order valence-corrected chi connectivity index (χ1v) is 3.55. The van der Waals surface area contributed by atoms with Crippen molar-refractivity contribution >= 4 is 6.29 Å². The van der Waals surface area contributed by atoms with E-state index in [9.17, 15) is 4.79 Å². The molecule has 0 aliphatic carbocycles. The summed E-state index contributed by atoms with van der Waals surface area (Å²) in [7, 11) is 0. The van der Waals surface area contributed by atoms with Crippen LogP contribution in [-0.4, -0.2) is 72.4 Å². The highest BCUT2D eigenvalue weighted by atomic mass is 16.5. The van der Waals surface area contributed by atoms with E-state index in [1.54, 1.807) is 0 Å². The standard InChI is InChI=1S/C6H12O8/c7-1-6(13,14)4(10)2(8)3(9)5(11)12/h1-5,8-14H/t2-,3+,4+/m0/s1. The molecule has 0 aromatic rings. The van der Waals surface area contributed by atoms with Crippen LogP contribution in [0.2, 0.25) is 0 Å². The Hall–Kier alpha value is -0.610. The van der Waals surface area contributed by atoms with Crippen LogP contribution in [0.5, 0.6) is 0 Å². The molecule has 0 heterocycles. The van der Waals surface area contributed by atoms with Crippen LogP contribution in [0.15, 0.2) is 0 Å². The quantitative estimate of drug-likeness (QED) is 0.177. The highest BCUT2D eigenvalue weighted by Gasteiger charge is 2.42. The van der Waals surface area contributed by atoms with Gasteiger partial charge in [0, 0.05) is 0 Å². The van der Waals surface area contributed by atoms with Crippen LogP contribution in [0.4, 0.5) is 0 Å². The van der Waals surface area contributed by atoms with Gasteiger partial charge < -0.3 is 35.7 Å². The predicted molar refractivity (Wildman–Crippen MR) is 39.5 cm³/mol. The fraction of sp³-hybridized carbons (Fsp3) is 0.833. The normalized spacial score (nSPS) is 19.1. The predicted octanol–water partition coefficient (Wildman–Crippen LogP) is -4.74. The van der Waals surface area contributed by atoms with Crippen LogP contribution in [0, 0.1) is 0 Å². The average molecular weight is 212 g/mol. The zero-order chi connectivity index (χ0) is 11.5. The highest BCUT2D eigenvalue weighted by Crippen LogP contribution is 2.12. The summed E-state index contributed by atoms with van der Waals surface area (Å²) < 4.78 is 0. The summed E-state index contributed by atoms with van der Waals surface area (Å²) in [6.45, 7) is 0. The molecular formula is C6H12O8. The molecule has 0 unspecified atom stereocenters. The second kappa shape index (κ2) is 4.75. The van der Waals surface area contributed by atoms with Crippen molar-refractivity contribution in [1.82, 2.24) is 0 Å². The summed E-state index contributed by atoms with van der Waals surface area (Å²) in [6, 6.07) is 0. The average Bonchev–Trinajstić information content (AvgIpc) is 2.14. The summed E-state index contributed by atoms with van der Waals surface area (Å²) in [6.07, 6.45) is -9.85. The molecule has 0 aliphatic heterocycles. The Morgan fingerprint density at radius 3 is 1.64 bits per heavy atom. The Morgan fingerprint density at radius 1 is 0.929 bits per heavy atom. The maximum Gasteiger partial charge on any atom is 0.250 e. The number of hydrogen-bond acceptors (Lipinski definition) is 8. The van der Waals surface area contributed by atoms with Gasteiger partial charge in [-0.15, -0.1) is 0 Å². The van der Waals surface area contributed by atoms with Crippen molar-refractivity contribution in [1.29, 1.82) is 0 Å². The minimum absolute atomic E-state index is 0.475. The van der Waals surface area contributed by atoms with Gasteiger partial charge in [0.1, 0.15) is 18.3 Å². The second-order valence-corrected chi connectivity index (χ2v) is 2.74. The van der Waals surface area contributed by atoms with Crippen LogP contribution in [0.3, 0.4) is 0 Å². The molecule has 0 saturated heterocycles. The number of rotatable bonds is 5. The molecule has 0 aromatic carbocycles. The first-order valence-electron chi connectivity index (χ1n) is 3.55. The lowest BCUT2D eigenvalue weighted by Gasteiger charge is -2.29. The van der Waals surface area contributed by atoms with Crippen LogP contribution < -0.4 is 0 Å². The van der Waals surface area contributed by atoms with Crippen molar-refractivity contribution in [2.75, 3.05) is 0 Å². The van der Waals surface area contributed by atoms with Gasteiger partial charge in [-0.25, -0.2) is 0 Å². The lowest BCUT2D eigenvalue weighted by atomic mass is 10.0. The molecule has 0 fully saturated rings. The highest BCUT2D eigenvalue weighted by molar-refractivity contribution is 5.60. The van der Waals surface area contributed by atoms with Crippen LogP contribution in [0.1, 0.15) is 0 Å². The van der Waals surface area contributed by atoms with Gasteiger partial charge >= 0.3 is 0 Å². The lowest BCUT2D eigenvalue weighted by molar-refractivity contribution is -0.252. The van der Waals surface area contributed by atoms with Gasteiger partial charge in [-0.2, -0.15) is 0 Å². The molecule has 0 radical (unpaired) electrons. The van der Waals surface area contributed by atoms with Crippen molar-refractivity contribution in [3.05, 3.63) is 0 Å². The van der Waals surface area contributed by atoms with Crippen LogP contribution in [0.25, 0.3) is 0 Å². The third kappa shape index (κ3) is 2.96. The molecule has 0 amide bonds. The topological polar surface area (TPSA) is 159 Å². The fourth-order valence-corrected chi connectivity index (χ4v) is 0.684. The summed E-state index contributed by atoms with van der Waals surface area (Å²) in [4.78, 5) is 9.99. The number of aliphatic hydroxyl groups excluding tert-OH is 4. The molecule has 84 valence electrons. The first-order chi connectivity index (χ1) is 6.24. The summed E-state index contributed by atoms with van der Waals surface area (Å²) in [5.74, 6) is -3.27. The SMILES string of the molecule is O=CC(O)(O)[C@H](O)[C@@H](O)[C@@H](O)C(O)O. The zero-order valence-electron chi connectivity index (χ0n) is 6.93. The van der Waals surface area contributed by atoms with E-state index in [-0.39, 0.29) is 0 Å². The molecular weight excluding hydrogens is 200 g/mol. The molecule has 7 N–H and O–H groups in total. The smallest absolute Gasteiger partial charge is 0.250 e. The van der Waals surface area contributed by atoms with E-state index in [4.69, 9.17) is 35.7 Å². The second-order valence-electron chi connectivity index (χ2n) is 2.74. The third-order valence-corrected chi connectivity index (χ3v) is 1.59.